The molecule has 1 aromatic rings. The molecular formula is C37H54N10O9S. The molecule has 2 aliphatic heterocycles. The molecule has 8 amide bonds. The lowest BCUT2D eigenvalue weighted by Gasteiger charge is -2.28. The van der Waals surface area contributed by atoms with Gasteiger partial charge in [0.15, 0.2) is 5.37 Å². The number of aldehydes is 1. The molecule has 20 heteroatoms. The molecule has 1 aromatic carbocycles. The van der Waals surface area contributed by atoms with Crippen LogP contribution in [0, 0.1) is 11.8 Å². The van der Waals surface area contributed by atoms with Gasteiger partial charge in [-0.15, -0.1) is 0 Å². The van der Waals surface area contributed by atoms with E-state index >= 15 is 0 Å². The van der Waals surface area contributed by atoms with Crippen LogP contribution in [0.1, 0.15) is 53.4 Å². The standard InChI is InChI=1S/C37H54N10O9S/c1-6-21(4)31(46-33(53)25-13-10-14-47(25)5)35(55)43-24-16-29(41-22-11-8-7-9-12-22)57-37(36(56)42-23(19-48)15-26(38)49)45-28(51)18-40-34(54)30(20(2)3)44-27(50)17-39-32(24)52/h7-9,11-12,16,19-21,23-25,30-31,37,41H,6,10,13-15,17-18H2,1-5H3,(H2,38,49)(H,39,52)(H,40,54)(H,42,56)(H,43,55)(H,44,50)(H,45,51)(H,46,53)/b29-16+/t21?,23?,24?,25?,30-,31?,37?/m0/s1. The summed E-state index contributed by atoms with van der Waals surface area (Å²) in [6, 6.07) is 2.92. The minimum atomic E-state index is -1.57. The van der Waals surface area contributed by atoms with Crippen molar-refractivity contribution in [3.8, 4) is 0 Å². The Morgan fingerprint density at radius 3 is 2.18 bits per heavy atom. The molecule has 3 rings (SSSR count). The topological polar surface area (TPSA) is 279 Å². The summed E-state index contributed by atoms with van der Waals surface area (Å²) in [4.78, 5) is 120. The van der Waals surface area contributed by atoms with Crippen molar-refractivity contribution in [3.63, 3.8) is 0 Å². The van der Waals surface area contributed by atoms with Crippen LogP contribution in [0.5, 0.6) is 0 Å². The maximum Gasteiger partial charge on any atom is 0.254 e. The molecule has 2 aliphatic rings. The Hall–Kier alpha value is -5.50. The van der Waals surface area contributed by atoms with E-state index in [0.717, 1.165) is 13.0 Å². The number of thioether (sulfide) groups is 1. The maximum atomic E-state index is 14.1. The number of anilines is 1. The molecular weight excluding hydrogens is 761 g/mol. The lowest BCUT2D eigenvalue weighted by Crippen LogP contribution is -2.58. The Balaban J connectivity index is 2.12. The number of carbonyl (C=O) groups excluding carboxylic acids is 9. The first-order valence-corrected chi connectivity index (χ1v) is 19.6. The highest BCUT2D eigenvalue weighted by atomic mass is 32.2. The van der Waals surface area contributed by atoms with Gasteiger partial charge in [0, 0.05) is 5.69 Å². The Morgan fingerprint density at radius 2 is 1.60 bits per heavy atom. The molecule has 0 saturated carbocycles. The van der Waals surface area contributed by atoms with Crippen molar-refractivity contribution in [2.75, 3.05) is 32.0 Å². The number of nitrogens with one attached hydrogen (secondary N) is 8. The molecule has 2 heterocycles. The van der Waals surface area contributed by atoms with Crippen molar-refractivity contribution in [2.45, 2.75) is 89.0 Å². The fraction of sp³-hybridized carbons (Fsp3) is 0.541. The Bertz CT molecular complexity index is 1680. The molecule has 0 aromatic heterocycles. The molecule has 10 N–H and O–H groups in total. The Kier molecular flexibility index (Phi) is 17.9. The van der Waals surface area contributed by atoms with E-state index in [1.54, 1.807) is 51.1 Å². The average Bonchev–Trinajstić information content (AvgIpc) is 3.61. The molecule has 7 atom stereocenters. The smallest absolute Gasteiger partial charge is 0.254 e. The Morgan fingerprint density at radius 1 is 0.947 bits per heavy atom. The second-order valence-electron chi connectivity index (χ2n) is 14.2. The van der Waals surface area contributed by atoms with Crippen molar-refractivity contribution in [1.29, 1.82) is 0 Å². The molecule has 19 nitrogen and oxygen atoms in total. The van der Waals surface area contributed by atoms with Crippen LogP contribution in [0.3, 0.4) is 0 Å². The molecule has 1 saturated heterocycles. The van der Waals surface area contributed by atoms with Gasteiger partial charge in [0.2, 0.25) is 41.4 Å². The van der Waals surface area contributed by atoms with Crippen LogP contribution in [0.4, 0.5) is 5.69 Å². The summed E-state index contributed by atoms with van der Waals surface area (Å²) in [7, 11) is 1.82. The molecule has 57 heavy (non-hydrogen) atoms. The number of nitrogens with zero attached hydrogens (tertiary/aromatic N) is 1. The molecule has 1 fully saturated rings. The highest BCUT2D eigenvalue weighted by Crippen LogP contribution is 2.25. The van der Waals surface area contributed by atoms with Crippen LogP contribution < -0.4 is 48.3 Å². The van der Waals surface area contributed by atoms with E-state index in [-0.39, 0.29) is 16.9 Å². The number of para-hydroxylation sites is 1. The third-order valence-electron chi connectivity index (χ3n) is 9.36. The number of primary amides is 1. The first kappa shape index (κ1) is 45.9. The van der Waals surface area contributed by atoms with Crippen LogP contribution >= 0.6 is 11.8 Å². The highest BCUT2D eigenvalue weighted by molar-refractivity contribution is 8.04. The van der Waals surface area contributed by atoms with Crippen molar-refractivity contribution < 1.29 is 43.2 Å². The predicted octanol–water partition coefficient (Wildman–Crippen LogP) is -1.83. The van der Waals surface area contributed by atoms with Crippen LogP contribution in [0.2, 0.25) is 0 Å². The summed E-state index contributed by atoms with van der Waals surface area (Å²) in [5, 5.41) is 19.4. The lowest BCUT2D eigenvalue weighted by atomic mass is 9.97. The molecule has 0 aliphatic carbocycles. The van der Waals surface area contributed by atoms with Crippen molar-refractivity contribution in [3.05, 3.63) is 41.4 Å². The number of carbonyl (C=O) groups is 9. The van der Waals surface area contributed by atoms with Crippen molar-refractivity contribution in [2.24, 2.45) is 17.6 Å². The van der Waals surface area contributed by atoms with Gasteiger partial charge in [-0.2, -0.15) is 0 Å². The first-order chi connectivity index (χ1) is 27.0. The van der Waals surface area contributed by atoms with Crippen LogP contribution in [0.25, 0.3) is 0 Å². The van der Waals surface area contributed by atoms with Gasteiger partial charge in [-0.05, 0) is 56.5 Å². The fourth-order valence-electron chi connectivity index (χ4n) is 5.94. The number of rotatable bonds is 14. The van der Waals surface area contributed by atoms with E-state index in [0.29, 0.717) is 36.6 Å². The molecule has 0 radical (unpaired) electrons. The number of amides is 8. The molecule has 6 unspecified atom stereocenters. The number of hydrogen-bond acceptors (Lipinski definition) is 12. The van der Waals surface area contributed by atoms with Gasteiger partial charge in [-0.1, -0.05) is 64.1 Å². The summed E-state index contributed by atoms with van der Waals surface area (Å²) in [6.45, 7) is 6.42. The molecule has 0 bridgehead atoms. The first-order valence-electron chi connectivity index (χ1n) is 18.7. The molecule has 0 spiro atoms. The highest BCUT2D eigenvalue weighted by Gasteiger charge is 2.35. The second kappa shape index (κ2) is 22.3. The average molecular weight is 815 g/mol. The summed E-state index contributed by atoms with van der Waals surface area (Å²) in [6.07, 6.45) is 2.94. The van der Waals surface area contributed by atoms with E-state index in [2.05, 4.69) is 42.5 Å². The largest absolute Gasteiger partial charge is 0.370 e. The van der Waals surface area contributed by atoms with Gasteiger partial charge < -0.3 is 53.1 Å². The van der Waals surface area contributed by atoms with Gasteiger partial charge in [0.25, 0.3) is 5.91 Å². The van der Waals surface area contributed by atoms with Crippen molar-refractivity contribution in [1.82, 2.24) is 42.1 Å². The van der Waals surface area contributed by atoms with Crippen molar-refractivity contribution >= 4 is 71.0 Å². The number of nitrogens with two attached hydrogens (primary N) is 1. The van der Waals surface area contributed by atoms with Gasteiger partial charge in [-0.3, -0.25) is 43.3 Å². The summed E-state index contributed by atoms with van der Waals surface area (Å²) in [5.41, 5.74) is 5.70. The van der Waals surface area contributed by atoms with Gasteiger partial charge in [0.05, 0.1) is 36.6 Å². The van der Waals surface area contributed by atoms with Gasteiger partial charge >= 0.3 is 0 Å². The summed E-state index contributed by atoms with van der Waals surface area (Å²) in [5.74, 6) is -6.90. The van der Waals surface area contributed by atoms with E-state index in [9.17, 15) is 43.2 Å². The lowest BCUT2D eigenvalue weighted by molar-refractivity contribution is -0.134. The third-order valence-corrected chi connectivity index (χ3v) is 10.4. The van der Waals surface area contributed by atoms with E-state index < -0.39 is 102 Å². The van der Waals surface area contributed by atoms with Gasteiger partial charge in [0.1, 0.15) is 24.4 Å². The SMILES string of the molecule is CCC(C)C(NC(=O)C1CCCN1C)C(=O)NC1/C=C(\Nc2ccccc2)SC(C(=O)NC(C=O)CC(N)=O)NC(=O)CNC(=O)[C@H](C(C)C)NC(=O)CNC1=O. The number of benzene rings is 1. The zero-order chi connectivity index (χ0) is 42.2. The zero-order valence-electron chi connectivity index (χ0n) is 32.7. The summed E-state index contributed by atoms with van der Waals surface area (Å²) < 4.78 is 0. The Labute approximate surface area is 335 Å². The molecule has 312 valence electrons. The van der Waals surface area contributed by atoms with Gasteiger partial charge in [-0.25, -0.2) is 0 Å². The minimum absolute atomic E-state index is 0.0248. The van der Waals surface area contributed by atoms with E-state index in [1.807, 2.05) is 18.9 Å². The summed E-state index contributed by atoms with van der Waals surface area (Å²) >= 11 is 0.666. The fourth-order valence-corrected chi connectivity index (χ4v) is 6.95. The second-order valence-corrected chi connectivity index (χ2v) is 15.4. The maximum absolute atomic E-state index is 14.1. The zero-order valence-corrected chi connectivity index (χ0v) is 33.5. The monoisotopic (exact) mass is 814 g/mol. The number of likely N-dealkylation sites (N-methyl/N-ethyl adjacent to an activating group) is 1. The predicted molar refractivity (Wildman–Crippen MR) is 211 cm³/mol. The van der Waals surface area contributed by atoms with Crippen LogP contribution in [0.15, 0.2) is 41.4 Å². The van der Waals surface area contributed by atoms with Crippen LogP contribution in [-0.2, 0) is 43.2 Å². The third kappa shape index (κ3) is 14.5. The van der Waals surface area contributed by atoms with E-state index in [1.165, 1.54) is 6.08 Å². The normalized spacial score (nSPS) is 23.9. The number of likely N-dealkylation sites (tertiary alicyclic amines) is 1. The minimum Gasteiger partial charge on any atom is -0.370 e. The quantitative estimate of drug-likeness (QED) is 0.0939. The van der Waals surface area contributed by atoms with E-state index in [4.69, 9.17) is 5.73 Å². The number of hydrogen-bond donors (Lipinski definition) is 9. The van der Waals surface area contributed by atoms with Crippen LogP contribution in [-0.4, -0.2) is 121 Å².